The van der Waals surface area contributed by atoms with Crippen molar-refractivity contribution >= 4 is 0 Å². The van der Waals surface area contributed by atoms with Gasteiger partial charge < -0.3 is 10.6 Å². The van der Waals surface area contributed by atoms with E-state index < -0.39 is 0 Å². The first-order valence-corrected chi connectivity index (χ1v) is 6.16. The highest BCUT2D eigenvalue weighted by Gasteiger charge is 2.36. The van der Waals surface area contributed by atoms with Crippen LogP contribution in [0.25, 0.3) is 0 Å². The van der Waals surface area contributed by atoms with Gasteiger partial charge >= 0.3 is 0 Å². The lowest BCUT2D eigenvalue weighted by Gasteiger charge is -2.33. The first kappa shape index (κ1) is 10.4. The maximum atomic E-state index is 5.97. The Morgan fingerprint density at radius 3 is 2.50 bits per heavy atom. The van der Waals surface area contributed by atoms with Crippen LogP contribution >= 0.6 is 0 Å². The monoisotopic (exact) mass is 196 g/mol. The summed E-state index contributed by atoms with van der Waals surface area (Å²) in [6, 6.07) is 0.830. The lowest BCUT2D eigenvalue weighted by atomic mass is 9.79. The molecule has 2 N–H and O–H groups in total. The normalized spacial score (nSPS) is 32.6. The van der Waals surface area contributed by atoms with Crippen LogP contribution in [0.15, 0.2) is 0 Å². The van der Waals surface area contributed by atoms with Crippen LogP contribution in [-0.4, -0.2) is 31.1 Å². The van der Waals surface area contributed by atoms with Crippen molar-refractivity contribution in [2.75, 3.05) is 20.1 Å². The highest BCUT2D eigenvalue weighted by molar-refractivity contribution is 4.91. The molecule has 1 heterocycles. The summed E-state index contributed by atoms with van der Waals surface area (Å²) in [6.45, 7) is 2.21. The second-order valence-electron chi connectivity index (χ2n) is 5.39. The summed E-state index contributed by atoms with van der Waals surface area (Å²) in [7, 11) is 2.27. The van der Waals surface area contributed by atoms with E-state index >= 15 is 0 Å². The molecule has 0 spiro atoms. The molecule has 0 bridgehead atoms. The molecule has 2 nitrogen and oxygen atoms in total. The van der Waals surface area contributed by atoms with E-state index in [-0.39, 0.29) is 0 Å². The van der Waals surface area contributed by atoms with E-state index in [0.717, 1.165) is 12.6 Å². The van der Waals surface area contributed by atoms with Gasteiger partial charge in [0.25, 0.3) is 0 Å². The predicted molar refractivity (Wildman–Crippen MR) is 60.2 cm³/mol. The predicted octanol–water partition coefficient (Wildman–Crippen LogP) is 1.99. The van der Waals surface area contributed by atoms with Crippen molar-refractivity contribution in [2.45, 2.75) is 51.0 Å². The van der Waals surface area contributed by atoms with Gasteiger partial charge in [-0.05, 0) is 57.7 Å². The smallest absolute Gasteiger partial charge is 0.00984 e. The van der Waals surface area contributed by atoms with Crippen molar-refractivity contribution in [1.82, 2.24) is 4.90 Å². The molecule has 2 aliphatic rings. The lowest BCUT2D eigenvalue weighted by molar-refractivity contribution is 0.187. The molecule has 1 saturated heterocycles. The molecule has 0 aromatic carbocycles. The Labute approximate surface area is 87.8 Å². The first-order chi connectivity index (χ1) is 6.76. The van der Waals surface area contributed by atoms with Crippen LogP contribution in [0.3, 0.4) is 0 Å². The summed E-state index contributed by atoms with van der Waals surface area (Å²) in [5.41, 5.74) is 6.49. The Morgan fingerprint density at radius 2 is 2.00 bits per heavy atom. The van der Waals surface area contributed by atoms with Crippen LogP contribution in [0, 0.1) is 5.41 Å². The SMILES string of the molecule is CN1CCCC1CC1(CN)CCCC1. The van der Waals surface area contributed by atoms with E-state index in [0.29, 0.717) is 5.41 Å². The summed E-state index contributed by atoms with van der Waals surface area (Å²) in [5.74, 6) is 0. The molecule has 0 aromatic rings. The van der Waals surface area contributed by atoms with E-state index in [9.17, 15) is 0 Å². The molecule has 1 saturated carbocycles. The van der Waals surface area contributed by atoms with Gasteiger partial charge in [-0.3, -0.25) is 0 Å². The molecule has 14 heavy (non-hydrogen) atoms. The molecular formula is C12H24N2. The number of hydrogen-bond acceptors (Lipinski definition) is 2. The van der Waals surface area contributed by atoms with Crippen molar-refractivity contribution in [3.05, 3.63) is 0 Å². The Morgan fingerprint density at radius 1 is 1.29 bits per heavy atom. The third-order valence-electron chi connectivity index (χ3n) is 4.44. The Hall–Kier alpha value is -0.0800. The summed E-state index contributed by atoms with van der Waals surface area (Å²) in [5, 5.41) is 0. The highest BCUT2D eigenvalue weighted by atomic mass is 15.1. The topological polar surface area (TPSA) is 29.3 Å². The van der Waals surface area contributed by atoms with Crippen LogP contribution in [0.2, 0.25) is 0 Å². The van der Waals surface area contributed by atoms with Crippen molar-refractivity contribution in [3.63, 3.8) is 0 Å². The standard InChI is InChI=1S/C12H24N2/c1-14-8-4-5-11(14)9-12(10-13)6-2-3-7-12/h11H,2-10,13H2,1H3. The van der Waals surface area contributed by atoms with Crippen molar-refractivity contribution < 1.29 is 0 Å². The van der Waals surface area contributed by atoms with Gasteiger partial charge in [0.2, 0.25) is 0 Å². The summed E-state index contributed by atoms with van der Waals surface area (Å²) in [6.07, 6.45) is 9.74. The molecular weight excluding hydrogens is 172 g/mol. The van der Waals surface area contributed by atoms with Gasteiger partial charge in [-0.25, -0.2) is 0 Å². The molecule has 2 heteroatoms. The third-order valence-corrected chi connectivity index (χ3v) is 4.44. The summed E-state index contributed by atoms with van der Waals surface area (Å²) >= 11 is 0. The molecule has 0 aromatic heterocycles. The van der Waals surface area contributed by atoms with Gasteiger partial charge in [-0.1, -0.05) is 12.8 Å². The molecule has 82 valence electrons. The maximum Gasteiger partial charge on any atom is 0.00984 e. The number of rotatable bonds is 3. The summed E-state index contributed by atoms with van der Waals surface area (Å²) < 4.78 is 0. The average molecular weight is 196 g/mol. The highest BCUT2D eigenvalue weighted by Crippen LogP contribution is 2.42. The molecule has 1 unspecified atom stereocenters. The Bertz CT molecular complexity index is 185. The van der Waals surface area contributed by atoms with E-state index in [1.165, 1.54) is 51.5 Å². The molecule has 1 aliphatic heterocycles. The van der Waals surface area contributed by atoms with E-state index in [1.54, 1.807) is 0 Å². The van der Waals surface area contributed by atoms with Gasteiger partial charge in [0.1, 0.15) is 0 Å². The molecule has 1 aliphatic carbocycles. The van der Waals surface area contributed by atoms with Gasteiger partial charge in [-0.15, -0.1) is 0 Å². The van der Waals surface area contributed by atoms with Crippen LogP contribution in [-0.2, 0) is 0 Å². The van der Waals surface area contributed by atoms with Crippen molar-refractivity contribution in [3.8, 4) is 0 Å². The number of hydrogen-bond donors (Lipinski definition) is 1. The molecule has 1 atom stereocenters. The minimum Gasteiger partial charge on any atom is -0.330 e. The van der Waals surface area contributed by atoms with Crippen molar-refractivity contribution in [2.24, 2.45) is 11.1 Å². The molecule has 0 radical (unpaired) electrons. The van der Waals surface area contributed by atoms with Gasteiger partial charge in [0.05, 0.1) is 0 Å². The zero-order valence-electron chi connectivity index (χ0n) is 9.47. The van der Waals surface area contributed by atoms with E-state index in [1.807, 2.05) is 0 Å². The minimum absolute atomic E-state index is 0.517. The Kier molecular flexibility index (Phi) is 3.13. The number of likely N-dealkylation sites (tertiary alicyclic amines) is 1. The van der Waals surface area contributed by atoms with Crippen LogP contribution in [0.5, 0.6) is 0 Å². The van der Waals surface area contributed by atoms with Crippen LogP contribution in [0.1, 0.15) is 44.9 Å². The van der Waals surface area contributed by atoms with Crippen molar-refractivity contribution in [1.29, 1.82) is 0 Å². The molecule has 2 fully saturated rings. The maximum absolute atomic E-state index is 5.97. The largest absolute Gasteiger partial charge is 0.330 e. The summed E-state index contributed by atoms with van der Waals surface area (Å²) in [4.78, 5) is 2.54. The zero-order chi connectivity index (χ0) is 10.0. The van der Waals surface area contributed by atoms with E-state index in [4.69, 9.17) is 5.73 Å². The van der Waals surface area contributed by atoms with Gasteiger partial charge in [-0.2, -0.15) is 0 Å². The third kappa shape index (κ3) is 1.96. The average Bonchev–Trinajstić information content (AvgIpc) is 2.79. The lowest BCUT2D eigenvalue weighted by Crippen LogP contribution is -2.36. The first-order valence-electron chi connectivity index (χ1n) is 6.16. The molecule has 0 amide bonds. The fourth-order valence-electron chi connectivity index (χ4n) is 3.35. The quantitative estimate of drug-likeness (QED) is 0.748. The fraction of sp³-hybridized carbons (Fsp3) is 1.00. The van der Waals surface area contributed by atoms with Gasteiger partial charge in [0, 0.05) is 6.04 Å². The minimum atomic E-state index is 0.517. The number of nitrogens with two attached hydrogens (primary N) is 1. The fourth-order valence-corrected chi connectivity index (χ4v) is 3.35. The van der Waals surface area contributed by atoms with E-state index in [2.05, 4.69) is 11.9 Å². The Balaban J connectivity index is 1.93. The van der Waals surface area contributed by atoms with Crippen LogP contribution in [0.4, 0.5) is 0 Å². The second-order valence-corrected chi connectivity index (χ2v) is 5.39. The second kappa shape index (κ2) is 4.19. The van der Waals surface area contributed by atoms with Gasteiger partial charge in [0.15, 0.2) is 0 Å². The number of nitrogens with zero attached hydrogens (tertiary/aromatic N) is 1. The molecule has 2 rings (SSSR count). The van der Waals surface area contributed by atoms with Crippen LogP contribution < -0.4 is 5.73 Å². The zero-order valence-corrected chi connectivity index (χ0v) is 9.47.